The molecule has 1 aliphatic rings. The van der Waals surface area contributed by atoms with Crippen LogP contribution in [-0.2, 0) is 12.7 Å². The molecule has 0 unspecified atom stereocenters. The fourth-order valence-corrected chi connectivity index (χ4v) is 2.94. The third-order valence-corrected chi connectivity index (χ3v) is 4.44. The molecular formula is C19H18F4N2O. The van der Waals surface area contributed by atoms with Crippen LogP contribution in [0.3, 0.4) is 0 Å². The molecule has 0 radical (unpaired) electrons. The predicted octanol–water partition coefficient (Wildman–Crippen LogP) is 3.80. The quantitative estimate of drug-likeness (QED) is 0.772. The molecule has 26 heavy (non-hydrogen) atoms. The highest BCUT2D eigenvalue weighted by molar-refractivity contribution is 5.94. The Morgan fingerprint density at radius 2 is 1.46 bits per heavy atom. The summed E-state index contributed by atoms with van der Waals surface area (Å²) >= 11 is 0. The standard InChI is InChI=1S/C19H18F4N2O/c20-17-7-1-14(2-8-17)13-24-9-11-25(12-10-24)18(26)15-3-5-16(6-4-15)19(21,22)23/h1-8H,9-13H2. The maximum atomic E-state index is 12.9. The van der Waals surface area contributed by atoms with Gasteiger partial charge in [0.25, 0.3) is 5.91 Å². The van der Waals surface area contributed by atoms with E-state index >= 15 is 0 Å². The average molecular weight is 366 g/mol. The molecule has 7 heteroatoms. The van der Waals surface area contributed by atoms with Gasteiger partial charge in [0.05, 0.1) is 5.56 Å². The highest BCUT2D eigenvalue weighted by Crippen LogP contribution is 2.29. The second-order valence-electron chi connectivity index (χ2n) is 6.27. The molecule has 0 atom stereocenters. The zero-order valence-electron chi connectivity index (χ0n) is 14.0. The molecule has 0 aromatic heterocycles. The van der Waals surface area contributed by atoms with E-state index in [-0.39, 0.29) is 17.3 Å². The van der Waals surface area contributed by atoms with Crippen LogP contribution >= 0.6 is 0 Å². The van der Waals surface area contributed by atoms with E-state index in [4.69, 9.17) is 0 Å². The van der Waals surface area contributed by atoms with Crippen molar-refractivity contribution in [2.75, 3.05) is 26.2 Å². The lowest BCUT2D eigenvalue weighted by molar-refractivity contribution is -0.137. The zero-order chi connectivity index (χ0) is 18.7. The van der Waals surface area contributed by atoms with Crippen LogP contribution in [-0.4, -0.2) is 41.9 Å². The van der Waals surface area contributed by atoms with E-state index in [9.17, 15) is 22.4 Å². The molecule has 0 saturated carbocycles. The Labute approximate surface area is 148 Å². The van der Waals surface area contributed by atoms with E-state index in [1.165, 1.54) is 24.3 Å². The Hall–Kier alpha value is -2.41. The molecular weight excluding hydrogens is 348 g/mol. The van der Waals surface area contributed by atoms with Crippen LogP contribution in [0.15, 0.2) is 48.5 Å². The van der Waals surface area contributed by atoms with Gasteiger partial charge in [-0.1, -0.05) is 12.1 Å². The van der Waals surface area contributed by atoms with Gasteiger partial charge in [0, 0.05) is 38.3 Å². The van der Waals surface area contributed by atoms with E-state index in [0.717, 1.165) is 17.7 Å². The van der Waals surface area contributed by atoms with Crippen LogP contribution in [0.25, 0.3) is 0 Å². The Kier molecular flexibility index (Phi) is 5.27. The fraction of sp³-hybridized carbons (Fsp3) is 0.316. The van der Waals surface area contributed by atoms with Gasteiger partial charge in [0.1, 0.15) is 5.82 Å². The Morgan fingerprint density at radius 3 is 2.00 bits per heavy atom. The number of nitrogens with zero attached hydrogens (tertiary/aromatic N) is 2. The van der Waals surface area contributed by atoms with Gasteiger partial charge in [-0.3, -0.25) is 9.69 Å². The highest BCUT2D eigenvalue weighted by Gasteiger charge is 2.30. The van der Waals surface area contributed by atoms with Crippen molar-refractivity contribution in [3.05, 3.63) is 71.0 Å². The van der Waals surface area contributed by atoms with Gasteiger partial charge in [-0.2, -0.15) is 13.2 Å². The Balaban J connectivity index is 1.55. The molecule has 0 bridgehead atoms. The number of amides is 1. The summed E-state index contributed by atoms with van der Waals surface area (Å²) in [5.74, 6) is -0.541. The van der Waals surface area contributed by atoms with Gasteiger partial charge in [-0.15, -0.1) is 0 Å². The minimum absolute atomic E-state index is 0.255. The normalized spacial score (nSPS) is 15.9. The number of hydrogen-bond acceptors (Lipinski definition) is 2. The topological polar surface area (TPSA) is 23.6 Å². The minimum Gasteiger partial charge on any atom is -0.336 e. The van der Waals surface area contributed by atoms with Gasteiger partial charge in [0.15, 0.2) is 0 Å². The van der Waals surface area contributed by atoms with Crippen molar-refractivity contribution in [2.24, 2.45) is 0 Å². The number of carbonyl (C=O) groups excluding carboxylic acids is 1. The largest absolute Gasteiger partial charge is 0.416 e. The summed E-state index contributed by atoms with van der Waals surface area (Å²) < 4.78 is 50.7. The van der Waals surface area contributed by atoms with E-state index in [2.05, 4.69) is 4.90 Å². The lowest BCUT2D eigenvalue weighted by atomic mass is 10.1. The molecule has 1 amide bonds. The zero-order valence-corrected chi connectivity index (χ0v) is 14.0. The van der Waals surface area contributed by atoms with Gasteiger partial charge in [-0.05, 0) is 42.0 Å². The molecule has 3 rings (SSSR count). The van der Waals surface area contributed by atoms with E-state index in [1.807, 2.05) is 0 Å². The molecule has 0 spiro atoms. The summed E-state index contributed by atoms with van der Waals surface area (Å²) in [4.78, 5) is 16.2. The highest BCUT2D eigenvalue weighted by atomic mass is 19.4. The summed E-state index contributed by atoms with van der Waals surface area (Å²) in [6, 6.07) is 10.6. The van der Waals surface area contributed by atoms with Crippen LogP contribution in [0.5, 0.6) is 0 Å². The number of benzene rings is 2. The first-order chi connectivity index (χ1) is 12.3. The van der Waals surface area contributed by atoms with Crippen LogP contribution in [0.2, 0.25) is 0 Å². The van der Waals surface area contributed by atoms with Crippen molar-refractivity contribution >= 4 is 5.91 Å². The maximum absolute atomic E-state index is 12.9. The number of hydrogen-bond donors (Lipinski definition) is 0. The van der Waals surface area contributed by atoms with E-state index < -0.39 is 11.7 Å². The van der Waals surface area contributed by atoms with Crippen molar-refractivity contribution in [3.8, 4) is 0 Å². The summed E-state index contributed by atoms with van der Waals surface area (Å²) in [6.07, 6.45) is -4.41. The lowest BCUT2D eigenvalue weighted by Gasteiger charge is -2.34. The molecule has 1 aliphatic heterocycles. The molecule has 0 N–H and O–H groups in total. The molecule has 2 aromatic rings. The second kappa shape index (κ2) is 7.45. The van der Waals surface area contributed by atoms with Crippen LogP contribution < -0.4 is 0 Å². The molecule has 1 heterocycles. The number of carbonyl (C=O) groups is 1. The predicted molar refractivity (Wildman–Crippen MR) is 89.0 cm³/mol. The fourth-order valence-electron chi connectivity index (χ4n) is 2.94. The van der Waals surface area contributed by atoms with Crippen LogP contribution in [0.1, 0.15) is 21.5 Å². The molecule has 138 valence electrons. The number of piperazine rings is 1. The Morgan fingerprint density at radius 1 is 0.885 bits per heavy atom. The number of alkyl halides is 3. The molecule has 1 fully saturated rings. The monoisotopic (exact) mass is 366 g/mol. The minimum atomic E-state index is -4.41. The lowest BCUT2D eigenvalue weighted by Crippen LogP contribution is -2.48. The maximum Gasteiger partial charge on any atom is 0.416 e. The van der Waals surface area contributed by atoms with Crippen molar-refractivity contribution in [1.82, 2.24) is 9.80 Å². The second-order valence-corrected chi connectivity index (χ2v) is 6.27. The summed E-state index contributed by atoms with van der Waals surface area (Å²) in [5, 5.41) is 0. The van der Waals surface area contributed by atoms with Gasteiger partial charge >= 0.3 is 6.18 Å². The molecule has 1 saturated heterocycles. The smallest absolute Gasteiger partial charge is 0.336 e. The van der Waals surface area contributed by atoms with Gasteiger partial charge in [-0.25, -0.2) is 4.39 Å². The number of halogens is 4. The van der Waals surface area contributed by atoms with Crippen LogP contribution in [0.4, 0.5) is 17.6 Å². The van der Waals surface area contributed by atoms with E-state index in [0.29, 0.717) is 32.7 Å². The van der Waals surface area contributed by atoms with Gasteiger partial charge < -0.3 is 4.90 Å². The first kappa shape index (κ1) is 18.4. The summed E-state index contributed by atoms with van der Waals surface area (Å²) in [5.41, 5.74) is 0.483. The molecule has 0 aliphatic carbocycles. The van der Waals surface area contributed by atoms with Crippen molar-refractivity contribution in [1.29, 1.82) is 0 Å². The summed E-state index contributed by atoms with van der Waals surface area (Å²) in [6.45, 7) is 2.98. The van der Waals surface area contributed by atoms with Crippen LogP contribution in [0, 0.1) is 5.82 Å². The average Bonchev–Trinajstić information content (AvgIpc) is 2.63. The van der Waals surface area contributed by atoms with Crippen molar-refractivity contribution < 1.29 is 22.4 Å². The third-order valence-electron chi connectivity index (χ3n) is 4.44. The van der Waals surface area contributed by atoms with Gasteiger partial charge in [0.2, 0.25) is 0 Å². The van der Waals surface area contributed by atoms with E-state index in [1.54, 1.807) is 17.0 Å². The van der Waals surface area contributed by atoms with Crippen molar-refractivity contribution in [2.45, 2.75) is 12.7 Å². The summed E-state index contributed by atoms with van der Waals surface area (Å²) in [7, 11) is 0. The third kappa shape index (κ3) is 4.40. The first-order valence-corrected chi connectivity index (χ1v) is 8.26. The van der Waals surface area contributed by atoms with Crippen molar-refractivity contribution in [3.63, 3.8) is 0 Å². The molecule has 3 nitrogen and oxygen atoms in total. The first-order valence-electron chi connectivity index (χ1n) is 8.26. The SMILES string of the molecule is O=C(c1ccc(C(F)(F)F)cc1)N1CCN(Cc2ccc(F)cc2)CC1. The Bertz CT molecular complexity index is 749. The number of rotatable bonds is 3. The molecule has 2 aromatic carbocycles.